The van der Waals surface area contributed by atoms with E-state index in [1.165, 1.54) is 13.3 Å². The van der Waals surface area contributed by atoms with E-state index >= 15 is 0 Å². The summed E-state index contributed by atoms with van der Waals surface area (Å²) in [5.74, 6) is 0.474. The smallest absolute Gasteiger partial charge is 0.427 e. The largest absolute Gasteiger partial charge is 0.496 e. The second kappa shape index (κ2) is 10.6. The molecule has 0 saturated heterocycles. The standard InChI is InChI=1S/C20H22N2O6/c1-4-26-18-12-14(13-21-22-20(24)27-5-2)10-11-17(18)28-19(23)15-8-6-7-9-16(15)25-3/h6-13H,4-5H2,1-3H3,(H,22,24)/b21-13-. The molecule has 2 aromatic rings. The fourth-order valence-corrected chi connectivity index (χ4v) is 2.25. The Hall–Kier alpha value is -3.55. The van der Waals surface area contributed by atoms with Gasteiger partial charge in [0.15, 0.2) is 11.5 Å². The van der Waals surface area contributed by atoms with Crippen LogP contribution >= 0.6 is 0 Å². The fourth-order valence-electron chi connectivity index (χ4n) is 2.25. The van der Waals surface area contributed by atoms with E-state index in [0.717, 1.165) is 0 Å². The van der Waals surface area contributed by atoms with E-state index in [4.69, 9.17) is 18.9 Å². The van der Waals surface area contributed by atoms with Gasteiger partial charge >= 0.3 is 12.1 Å². The van der Waals surface area contributed by atoms with Crippen molar-refractivity contribution >= 4 is 18.3 Å². The number of benzene rings is 2. The molecule has 2 aromatic carbocycles. The minimum atomic E-state index is -0.647. The van der Waals surface area contributed by atoms with Gasteiger partial charge in [-0.15, -0.1) is 0 Å². The summed E-state index contributed by atoms with van der Waals surface area (Å²) in [6.07, 6.45) is 0.775. The molecule has 148 valence electrons. The molecular weight excluding hydrogens is 364 g/mol. The first-order chi connectivity index (χ1) is 13.6. The predicted molar refractivity (Wildman–Crippen MR) is 103 cm³/mol. The normalized spacial score (nSPS) is 10.4. The summed E-state index contributed by atoms with van der Waals surface area (Å²) in [6, 6.07) is 11.7. The lowest BCUT2D eigenvalue weighted by Crippen LogP contribution is -2.18. The van der Waals surface area contributed by atoms with Gasteiger partial charge in [-0.05, 0) is 49.7 Å². The highest BCUT2D eigenvalue weighted by atomic mass is 16.6. The lowest BCUT2D eigenvalue weighted by molar-refractivity contribution is 0.0725. The molecule has 1 amide bonds. The van der Waals surface area contributed by atoms with Gasteiger partial charge in [0.25, 0.3) is 0 Å². The zero-order valence-electron chi connectivity index (χ0n) is 15.9. The lowest BCUT2D eigenvalue weighted by atomic mass is 10.2. The number of rotatable bonds is 8. The van der Waals surface area contributed by atoms with Crippen molar-refractivity contribution in [2.75, 3.05) is 20.3 Å². The van der Waals surface area contributed by atoms with Gasteiger partial charge < -0.3 is 18.9 Å². The molecule has 28 heavy (non-hydrogen) atoms. The number of carbonyl (C=O) groups is 2. The van der Waals surface area contributed by atoms with E-state index in [9.17, 15) is 9.59 Å². The number of carbonyl (C=O) groups excluding carboxylic acids is 2. The quantitative estimate of drug-likeness (QED) is 0.323. The van der Waals surface area contributed by atoms with Gasteiger partial charge in [0.05, 0.1) is 26.5 Å². The van der Waals surface area contributed by atoms with E-state index in [0.29, 0.717) is 29.2 Å². The summed E-state index contributed by atoms with van der Waals surface area (Å²) in [4.78, 5) is 23.7. The van der Waals surface area contributed by atoms with Crippen LogP contribution in [0.15, 0.2) is 47.6 Å². The Labute approximate surface area is 163 Å². The summed E-state index contributed by atoms with van der Waals surface area (Å²) in [7, 11) is 1.48. The van der Waals surface area contributed by atoms with Crippen molar-refractivity contribution in [2.24, 2.45) is 5.10 Å². The van der Waals surface area contributed by atoms with Crippen molar-refractivity contribution < 1.29 is 28.5 Å². The Kier molecular flexibility index (Phi) is 7.83. The molecule has 0 atom stereocenters. The molecule has 0 spiro atoms. The molecule has 8 heteroatoms. The summed E-state index contributed by atoms with van der Waals surface area (Å²) in [5.41, 5.74) is 3.17. The minimum absolute atomic E-state index is 0.252. The number of hydrazone groups is 1. The third-order valence-electron chi connectivity index (χ3n) is 3.44. The number of nitrogens with one attached hydrogen (secondary N) is 1. The molecule has 0 aliphatic rings. The number of methoxy groups -OCH3 is 1. The van der Waals surface area contributed by atoms with Crippen LogP contribution in [0, 0.1) is 0 Å². The number of esters is 1. The maximum Gasteiger partial charge on any atom is 0.427 e. The molecule has 0 radical (unpaired) electrons. The predicted octanol–water partition coefficient (Wildman–Crippen LogP) is 3.39. The van der Waals surface area contributed by atoms with Crippen LogP contribution < -0.4 is 19.6 Å². The molecule has 0 bridgehead atoms. The Bertz CT molecular complexity index is 850. The van der Waals surface area contributed by atoms with Crippen molar-refractivity contribution in [3.63, 3.8) is 0 Å². The van der Waals surface area contributed by atoms with Crippen molar-refractivity contribution in [3.05, 3.63) is 53.6 Å². The van der Waals surface area contributed by atoms with E-state index in [2.05, 4.69) is 10.5 Å². The number of nitrogens with zero attached hydrogens (tertiary/aromatic N) is 1. The van der Waals surface area contributed by atoms with Crippen molar-refractivity contribution in [1.82, 2.24) is 5.43 Å². The third kappa shape index (κ3) is 5.73. The maximum absolute atomic E-state index is 12.5. The molecule has 0 aliphatic carbocycles. The molecule has 0 saturated carbocycles. The fraction of sp³-hybridized carbons (Fsp3) is 0.250. The highest BCUT2D eigenvalue weighted by Crippen LogP contribution is 2.30. The van der Waals surface area contributed by atoms with E-state index in [1.54, 1.807) is 49.4 Å². The van der Waals surface area contributed by atoms with Crippen molar-refractivity contribution in [2.45, 2.75) is 13.8 Å². The summed E-state index contributed by atoms with van der Waals surface area (Å²) in [6.45, 7) is 4.14. The molecule has 0 unspecified atom stereocenters. The first kappa shape index (κ1) is 20.8. The van der Waals surface area contributed by atoms with Crippen molar-refractivity contribution in [1.29, 1.82) is 0 Å². The second-order valence-corrected chi connectivity index (χ2v) is 5.32. The van der Waals surface area contributed by atoms with Crippen LogP contribution in [0.3, 0.4) is 0 Å². The Morgan fingerprint density at radius 3 is 2.54 bits per heavy atom. The van der Waals surface area contributed by atoms with Gasteiger partial charge in [0.2, 0.25) is 0 Å². The van der Waals surface area contributed by atoms with Crippen LogP contribution in [0.2, 0.25) is 0 Å². The van der Waals surface area contributed by atoms with E-state index < -0.39 is 12.1 Å². The topological polar surface area (TPSA) is 95.5 Å². The van der Waals surface area contributed by atoms with Gasteiger partial charge in [0, 0.05) is 0 Å². The average molecular weight is 386 g/mol. The summed E-state index contributed by atoms with van der Waals surface area (Å²) < 4.78 is 20.9. The van der Waals surface area contributed by atoms with Crippen LogP contribution in [-0.2, 0) is 4.74 Å². The van der Waals surface area contributed by atoms with Gasteiger partial charge in [-0.2, -0.15) is 5.10 Å². The van der Waals surface area contributed by atoms with Gasteiger partial charge in [-0.1, -0.05) is 12.1 Å². The van der Waals surface area contributed by atoms with Gasteiger partial charge in [-0.3, -0.25) is 0 Å². The number of hydrogen-bond donors (Lipinski definition) is 1. The van der Waals surface area contributed by atoms with Crippen LogP contribution in [0.25, 0.3) is 0 Å². The molecule has 0 aliphatic heterocycles. The molecule has 0 fully saturated rings. The highest BCUT2D eigenvalue weighted by Gasteiger charge is 2.16. The lowest BCUT2D eigenvalue weighted by Gasteiger charge is -2.12. The van der Waals surface area contributed by atoms with E-state index in [-0.39, 0.29) is 12.4 Å². The average Bonchev–Trinajstić information content (AvgIpc) is 2.70. The van der Waals surface area contributed by atoms with Crippen LogP contribution in [0.1, 0.15) is 29.8 Å². The van der Waals surface area contributed by atoms with Crippen LogP contribution in [-0.4, -0.2) is 38.6 Å². The SMILES string of the molecule is CCOC(=O)N/N=C\c1ccc(OC(=O)c2ccccc2OC)c(OCC)c1. The number of ether oxygens (including phenoxy) is 4. The van der Waals surface area contributed by atoms with Gasteiger partial charge in [-0.25, -0.2) is 15.0 Å². The molecule has 8 nitrogen and oxygen atoms in total. The maximum atomic E-state index is 12.5. The van der Waals surface area contributed by atoms with Crippen molar-refractivity contribution in [3.8, 4) is 17.2 Å². The Morgan fingerprint density at radius 2 is 1.82 bits per heavy atom. The number of para-hydroxylation sites is 1. The molecular formula is C20H22N2O6. The molecule has 0 heterocycles. The monoisotopic (exact) mass is 386 g/mol. The van der Waals surface area contributed by atoms with E-state index in [1.807, 2.05) is 6.92 Å². The summed E-state index contributed by atoms with van der Waals surface area (Å²) in [5, 5.41) is 3.79. The molecule has 2 rings (SSSR count). The Balaban J connectivity index is 2.17. The zero-order chi connectivity index (χ0) is 20.4. The summed E-state index contributed by atoms with van der Waals surface area (Å²) >= 11 is 0. The third-order valence-corrected chi connectivity index (χ3v) is 3.44. The minimum Gasteiger partial charge on any atom is -0.496 e. The molecule has 1 N–H and O–H groups in total. The Morgan fingerprint density at radius 1 is 1.04 bits per heavy atom. The highest BCUT2D eigenvalue weighted by molar-refractivity contribution is 5.94. The number of hydrogen-bond acceptors (Lipinski definition) is 7. The second-order valence-electron chi connectivity index (χ2n) is 5.32. The zero-order valence-corrected chi connectivity index (χ0v) is 15.9. The first-order valence-electron chi connectivity index (χ1n) is 8.66. The van der Waals surface area contributed by atoms with Crippen LogP contribution in [0.5, 0.6) is 17.2 Å². The van der Waals surface area contributed by atoms with Crippen LogP contribution in [0.4, 0.5) is 4.79 Å². The number of amides is 1. The van der Waals surface area contributed by atoms with Gasteiger partial charge in [0.1, 0.15) is 11.3 Å². The first-order valence-corrected chi connectivity index (χ1v) is 8.66. The molecule has 0 aromatic heterocycles.